The quantitative estimate of drug-likeness (QED) is 0.612. The van der Waals surface area contributed by atoms with Crippen molar-refractivity contribution in [3.8, 4) is 0 Å². The van der Waals surface area contributed by atoms with Crippen molar-refractivity contribution < 1.29 is 13.2 Å². The molecule has 0 unspecified atom stereocenters. The Morgan fingerprint density at radius 3 is 2.36 bits per heavy atom. The zero-order valence-electron chi connectivity index (χ0n) is 15.5. The molecule has 0 spiro atoms. The minimum atomic E-state index is -3.80. The molecule has 3 rings (SSSR count). The average Bonchev–Trinajstić information content (AvgIpc) is 3.23. The molecule has 0 aliphatic rings. The number of anilines is 1. The number of carbonyl (C=O) groups is 1. The molecule has 0 fully saturated rings. The van der Waals surface area contributed by atoms with E-state index in [9.17, 15) is 13.2 Å². The van der Waals surface area contributed by atoms with Crippen molar-refractivity contribution in [2.24, 2.45) is 0 Å². The molecule has 1 aromatic heterocycles. The van der Waals surface area contributed by atoms with Crippen molar-refractivity contribution in [3.05, 3.63) is 83.2 Å². The Morgan fingerprint density at radius 1 is 1.00 bits per heavy atom. The van der Waals surface area contributed by atoms with Gasteiger partial charge in [-0.2, -0.15) is 0 Å². The van der Waals surface area contributed by atoms with E-state index in [1.54, 1.807) is 29.6 Å². The summed E-state index contributed by atoms with van der Waals surface area (Å²) in [6, 6.07) is 20.2. The fraction of sp³-hybridized carbons (Fsp3) is 0.190. The number of sulfonamides is 1. The van der Waals surface area contributed by atoms with Gasteiger partial charge < -0.3 is 5.32 Å². The third-order valence-electron chi connectivity index (χ3n) is 4.23. The third kappa shape index (κ3) is 4.99. The van der Waals surface area contributed by atoms with E-state index in [1.165, 1.54) is 0 Å². The first-order chi connectivity index (χ1) is 13.5. The minimum absolute atomic E-state index is 0.213. The smallest absolute Gasteiger partial charge is 0.274 e. The number of thiophene rings is 1. The van der Waals surface area contributed by atoms with Crippen LogP contribution in [-0.2, 0) is 21.2 Å². The highest BCUT2D eigenvalue weighted by atomic mass is 32.2. The van der Waals surface area contributed by atoms with E-state index in [0.717, 1.165) is 26.8 Å². The predicted octanol–water partition coefficient (Wildman–Crippen LogP) is 3.61. The number of hydrogen-bond donors (Lipinski definition) is 1. The van der Waals surface area contributed by atoms with Crippen LogP contribution in [0, 0.1) is 6.92 Å². The van der Waals surface area contributed by atoms with E-state index in [0.29, 0.717) is 18.7 Å². The second-order valence-electron chi connectivity index (χ2n) is 6.36. The first kappa shape index (κ1) is 20.1. The maximum Gasteiger partial charge on any atom is 0.274 e. The number of aryl methyl sites for hydroxylation is 1. The SMILES string of the molecule is Cc1ccc(N(CC(=O)NCCc2ccccc2)S(=O)(=O)c2cccs2)cc1. The highest BCUT2D eigenvalue weighted by molar-refractivity contribution is 7.94. The summed E-state index contributed by atoms with van der Waals surface area (Å²) in [4.78, 5) is 12.5. The lowest BCUT2D eigenvalue weighted by atomic mass is 10.1. The van der Waals surface area contributed by atoms with Gasteiger partial charge in [-0.05, 0) is 42.5 Å². The van der Waals surface area contributed by atoms with Crippen molar-refractivity contribution in [2.75, 3.05) is 17.4 Å². The zero-order chi connectivity index (χ0) is 20.0. The highest BCUT2D eigenvalue weighted by Gasteiger charge is 2.27. The summed E-state index contributed by atoms with van der Waals surface area (Å²) in [5.41, 5.74) is 2.60. The summed E-state index contributed by atoms with van der Waals surface area (Å²) in [6.07, 6.45) is 0.689. The molecular formula is C21H22N2O3S2. The van der Waals surface area contributed by atoms with Gasteiger partial charge in [-0.15, -0.1) is 11.3 Å². The fourth-order valence-corrected chi connectivity index (χ4v) is 5.25. The number of hydrogen-bond acceptors (Lipinski definition) is 4. The molecular weight excluding hydrogens is 392 g/mol. The van der Waals surface area contributed by atoms with Crippen molar-refractivity contribution in [3.63, 3.8) is 0 Å². The Labute approximate surface area is 169 Å². The minimum Gasteiger partial charge on any atom is -0.354 e. The molecule has 28 heavy (non-hydrogen) atoms. The fourth-order valence-electron chi connectivity index (χ4n) is 2.72. The Balaban J connectivity index is 1.73. The monoisotopic (exact) mass is 414 g/mol. The van der Waals surface area contributed by atoms with E-state index >= 15 is 0 Å². The first-order valence-electron chi connectivity index (χ1n) is 8.90. The Hall–Kier alpha value is -2.64. The van der Waals surface area contributed by atoms with E-state index in [2.05, 4.69) is 5.32 Å². The molecule has 1 heterocycles. The molecule has 7 heteroatoms. The number of nitrogens with one attached hydrogen (secondary N) is 1. The van der Waals surface area contributed by atoms with E-state index in [-0.39, 0.29) is 16.7 Å². The molecule has 2 aromatic carbocycles. The van der Waals surface area contributed by atoms with Crippen LogP contribution >= 0.6 is 11.3 Å². The van der Waals surface area contributed by atoms with Gasteiger partial charge in [0.15, 0.2) is 0 Å². The topological polar surface area (TPSA) is 66.5 Å². The van der Waals surface area contributed by atoms with Gasteiger partial charge in [0.1, 0.15) is 10.8 Å². The van der Waals surface area contributed by atoms with Gasteiger partial charge in [0.2, 0.25) is 5.91 Å². The Kier molecular flexibility index (Phi) is 6.49. The van der Waals surface area contributed by atoms with Gasteiger partial charge in [0, 0.05) is 6.54 Å². The number of rotatable bonds is 8. The van der Waals surface area contributed by atoms with Gasteiger partial charge in [-0.3, -0.25) is 9.10 Å². The summed E-state index contributed by atoms with van der Waals surface area (Å²) in [7, 11) is -3.80. The molecule has 0 saturated carbocycles. The molecule has 5 nitrogen and oxygen atoms in total. The predicted molar refractivity (Wildman–Crippen MR) is 113 cm³/mol. The highest BCUT2D eigenvalue weighted by Crippen LogP contribution is 2.26. The summed E-state index contributed by atoms with van der Waals surface area (Å²) in [5.74, 6) is -0.336. The maximum absolute atomic E-state index is 13.1. The van der Waals surface area contributed by atoms with Gasteiger partial charge in [0.05, 0.1) is 5.69 Å². The molecule has 0 radical (unpaired) electrons. The summed E-state index contributed by atoms with van der Waals surface area (Å²) >= 11 is 1.14. The van der Waals surface area contributed by atoms with Crippen LogP contribution in [0.3, 0.4) is 0 Å². The van der Waals surface area contributed by atoms with Crippen LogP contribution < -0.4 is 9.62 Å². The normalized spacial score (nSPS) is 11.2. The van der Waals surface area contributed by atoms with Crippen LogP contribution in [-0.4, -0.2) is 27.4 Å². The molecule has 0 aliphatic heterocycles. The second kappa shape index (κ2) is 9.03. The lowest BCUT2D eigenvalue weighted by Gasteiger charge is -2.23. The van der Waals surface area contributed by atoms with Gasteiger partial charge >= 0.3 is 0 Å². The van der Waals surface area contributed by atoms with Crippen molar-refractivity contribution in [1.29, 1.82) is 0 Å². The molecule has 1 amide bonds. The van der Waals surface area contributed by atoms with Crippen LogP contribution in [0.1, 0.15) is 11.1 Å². The van der Waals surface area contributed by atoms with E-state index < -0.39 is 10.0 Å². The van der Waals surface area contributed by atoms with Gasteiger partial charge in [-0.1, -0.05) is 54.1 Å². The molecule has 0 saturated heterocycles. The van der Waals surface area contributed by atoms with Gasteiger partial charge in [-0.25, -0.2) is 8.42 Å². The molecule has 0 aliphatic carbocycles. The van der Waals surface area contributed by atoms with Crippen LogP contribution in [0.25, 0.3) is 0 Å². The average molecular weight is 415 g/mol. The van der Waals surface area contributed by atoms with Crippen molar-refractivity contribution in [1.82, 2.24) is 5.32 Å². The maximum atomic E-state index is 13.1. The lowest BCUT2D eigenvalue weighted by Crippen LogP contribution is -2.41. The summed E-state index contributed by atoms with van der Waals surface area (Å²) in [6.45, 7) is 2.11. The lowest BCUT2D eigenvalue weighted by molar-refractivity contribution is -0.119. The standard InChI is InChI=1S/C21H22N2O3S2/c1-17-9-11-19(12-10-17)23(28(25,26)21-8-5-15-27-21)16-20(24)22-14-13-18-6-3-2-4-7-18/h2-12,15H,13-14,16H2,1H3,(H,22,24). The molecule has 146 valence electrons. The van der Waals surface area contributed by atoms with E-state index in [4.69, 9.17) is 0 Å². The zero-order valence-corrected chi connectivity index (χ0v) is 17.2. The van der Waals surface area contributed by atoms with E-state index in [1.807, 2.05) is 49.4 Å². The number of carbonyl (C=O) groups excluding carboxylic acids is 1. The van der Waals surface area contributed by atoms with Gasteiger partial charge in [0.25, 0.3) is 10.0 Å². The number of amides is 1. The largest absolute Gasteiger partial charge is 0.354 e. The first-order valence-corrected chi connectivity index (χ1v) is 11.2. The molecule has 0 atom stereocenters. The summed E-state index contributed by atoms with van der Waals surface area (Å²) < 4.78 is 27.5. The van der Waals surface area contributed by atoms with Crippen LogP contribution in [0.2, 0.25) is 0 Å². The third-order valence-corrected chi connectivity index (χ3v) is 7.37. The van der Waals surface area contributed by atoms with Crippen LogP contribution in [0.5, 0.6) is 0 Å². The second-order valence-corrected chi connectivity index (χ2v) is 9.40. The molecule has 0 bridgehead atoms. The molecule has 1 N–H and O–H groups in total. The Morgan fingerprint density at radius 2 is 1.71 bits per heavy atom. The number of nitrogens with zero attached hydrogens (tertiary/aromatic N) is 1. The van der Waals surface area contributed by atoms with Crippen LogP contribution in [0.4, 0.5) is 5.69 Å². The molecule has 3 aromatic rings. The van der Waals surface area contributed by atoms with Crippen molar-refractivity contribution >= 4 is 33.0 Å². The van der Waals surface area contributed by atoms with Crippen molar-refractivity contribution in [2.45, 2.75) is 17.6 Å². The summed E-state index contributed by atoms with van der Waals surface area (Å²) in [5, 5.41) is 4.53. The Bertz CT molecular complexity index is 1000. The van der Waals surface area contributed by atoms with Crippen LogP contribution in [0.15, 0.2) is 76.3 Å². The number of benzene rings is 2.